The van der Waals surface area contributed by atoms with Gasteiger partial charge in [-0.3, -0.25) is 4.99 Å². The molecule has 1 N–H and O–H groups in total. The molecule has 1 unspecified atom stereocenters. The molecule has 2 heterocycles. The second-order valence-corrected chi connectivity index (χ2v) is 11.6. The van der Waals surface area contributed by atoms with Gasteiger partial charge in [0.1, 0.15) is 6.17 Å². The number of aliphatic imine (C=N–C) groups is 1. The van der Waals surface area contributed by atoms with Crippen molar-refractivity contribution in [1.29, 1.82) is 0 Å². The van der Waals surface area contributed by atoms with E-state index in [1.807, 2.05) is 6.07 Å². The Morgan fingerprint density at radius 3 is 1.67 bits per heavy atom. The van der Waals surface area contributed by atoms with Crippen LogP contribution >= 0.6 is 0 Å². The van der Waals surface area contributed by atoms with Gasteiger partial charge < -0.3 is 9.88 Å². The van der Waals surface area contributed by atoms with E-state index in [1.165, 1.54) is 43.4 Å². The molecular weight excluding hydrogens is 546 g/mol. The molecule has 0 fully saturated rings. The third-order valence-electron chi connectivity index (χ3n) is 9.01. The lowest BCUT2D eigenvalue weighted by Crippen LogP contribution is -2.24. The third kappa shape index (κ3) is 4.24. The molecular formula is C42H29N3. The quantitative estimate of drug-likeness (QED) is 0.222. The monoisotopic (exact) mass is 575 g/mol. The lowest BCUT2D eigenvalue weighted by Gasteiger charge is -2.25. The van der Waals surface area contributed by atoms with Crippen LogP contribution < -0.4 is 5.32 Å². The predicted octanol–water partition coefficient (Wildman–Crippen LogP) is 10.2. The van der Waals surface area contributed by atoms with E-state index < -0.39 is 0 Å². The fraction of sp³-hybridized carbons (Fsp3) is 0.0238. The molecule has 1 aliphatic rings. The molecule has 212 valence electrons. The first-order valence-electron chi connectivity index (χ1n) is 15.4. The van der Waals surface area contributed by atoms with E-state index in [0.29, 0.717) is 0 Å². The number of nitrogens with one attached hydrogen (secondary N) is 1. The fourth-order valence-corrected chi connectivity index (χ4v) is 6.88. The van der Waals surface area contributed by atoms with Gasteiger partial charge in [0.25, 0.3) is 0 Å². The number of allylic oxidation sites excluding steroid dienone is 1. The standard InChI is InChI=1S/C42H29N3/c1-3-13-30(14-4-1)36-27-37(44-42(43-36)32-15-5-2-6-16-32)31-19-23-33(24-20-31)45-38-25-21-28-11-7-9-17-34(28)40(38)41-35-18-10-8-12-29(35)22-26-39(41)45/h1-27,42-43H. The van der Waals surface area contributed by atoms with E-state index in [2.05, 4.69) is 168 Å². The zero-order valence-electron chi connectivity index (χ0n) is 24.6. The summed E-state index contributed by atoms with van der Waals surface area (Å²) in [5, 5.41) is 11.3. The van der Waals surface area contributed by atoms with E-state index in [1.54, 1.807) is 0 Å². The summed E-state index contributed by atoms with van der Waals surface area (Å²) in [6.07, 6.45) is 2.00. The van der Waals surface area contributed by atoms with Crippen LogP contribution in [0.25, 0.3) is 54.7 Å². The number of hydrogen-bond acceptors (Lipinski definition) is 2. The number of rotatable bonds is 4. The van der Waals surface area contributed by atoms with E-state index in [0.717, 1.165) is 33.8 Å². The van der Waals surface area contributed by atoms with Crippen LogP contribution in [-0.4, -0.2) is 10.3 Å². The van der Waals surface area contributed by atoms with Gasteiger partial charge in [-0.25, -0.2) is 0 Å². The summed E-state index contributed by atoms with van der Waals surface area (Å²) in [6, 6.07) is 56.3. The molecule has 45 heavy (non-hydrogen) atoms. The van der Waals surface area contributed by atoms with Gasteiger partial charge in [0.2, 0.25) is 0 Å². The van der Waals surface area contributed by atoms with Crippen LogP contribution in [0.4, 0.5) is 0 Å². The maximum Gasteiger partial charge on any atom is 0.145 e. The van der Waals surface area contributed by atoms with Crippen LogP contribution in [0.3, 0.4) is 0 Å². The van der Waals surface area contributed by atoms with Crippen LogP contribution in [0, 0.1) is 0 Å². The van der Waals surface area contributed by atoms with Gasteiger partial charge in [-0.1, -0.05) is 133 Å². The zero-order valence-corrected chi connectivity index (χ0v) is 24.6. The summed E-state index contributed by atoms with van der Waals surface area (Å²) in [6.45, 7) is 0. The molecule has 0 saturated carbocycles. The minimum atomic E-state index is -0.167. The smallest absolute Gasteiger partial charge is 0.145 e. The first-order chi connectivity index (χ1) is 22.3. The van der Waals surface area contributed by atoms with Crippen molar-refractivity contribution in [3.05, 3.63) is 180 Å². The molecule has 0 amide bonds. The van der Waals surface area contributed by atoms with Crippen molar-refractivity contribution in [1.82, 2.24) is 9.88 Å². The van der Waals surface area contributed by atoms with Gasteiger partial charge in [0.15, 0.2) is 0 Å². The van der Waals surface area contributed by atoms with E-state index in [-0.39, 0.29) is 6.17 Å². The molecule has 8 aromatic rings. The molecule has 0 aliphatic carbocycles. The molecule has 3 heteroatoms. The number of nitrogens with zero attached hydrogens (tertiary/aromatic N) is 2. The highest BCUT2D eigenvalue weighted by molar-refractivity contribution is 6.28. The van der Waals surface area contributed by atoms with Crippen LogP contribution in [0.1, 0.15) is 22.9 Å². The average molecular weight is 576 g/mol. The molecule has 0 saturated heterocycles. The predicted molar refractivity (Wildman–Crippen MR) is 189 cm³/mol. The topological polar surface area (TPSA) is 29.3 Å². The van der Waals surface area contributed by atoms with Gasteiger partial charge in [-0.15, -0.1) is 0 Å². The maximum atomic E-state index is 5.18. The molecule has 7 aromatic carbocycles. The number of hydrogen-bond donors (Lipinski definition) is 1. The van der Waals surface area contributed by atoms with E-state index in [9.17, 15) is 0 Å². The maximum absolute atomic E-state index is 5.18. The number of benzene rings is 7. The molecule has 9 rings (SSSR count). The van der Waals surface area contributed by atoms with Gasteiger partial charge in [-0.05, 0) is 68.6 Å². The molecule has 1 aliphatic heterocycles. The van der Waals surface area contributed by atoms with Gasteiger partial charge in [-0.2, -0.15) is 0 Å². The van der Waals surface area contributed by atoms with Crippen molar-refractivity contribution in [2.24, 2.45) is 4.99 Å². The fourth-order valence-electron chi connectivity index (χ4n) is 6.88. The largest absolute Gasteiger partial charge is 0.360 e. The number of fused-ring (bicyclic) bond motifs is 7. The van der Waals surface area contributed by atoms with Crippen molar-refractivity contribution in [2.45, 2.75) is 6.17 Å². The summed E-state index contributed by atoms with van der Waals surface area (Å²) < 4.78 is 2.41. The highest BCUT2D eigenvalue weighted by atomic mass is 15.1. The second-order valence-electron chi connectivity index (χ2n) is 11.6. The Morgan fingerprint density at radius 1 is 0.489 bits per heavy atom. The summed E-state index contributed by atoms with van der Waals surface area (Å²) in [5.74, 6) is 0. The second kappa shape index (κ2) is 10.4. The lowest BCUT2D eigenvalue weighted by atomic mass is 10.00. The van der Waals surface area contributed by atoms with E-state index >= 15 is 0 Å². The van der Waals surface area contributed by atoms with Crippen molar-refractivity contribution in [2.75, 3.05) is 0 Å². The van der Waals surface area contributed by atoms with Gasteiger partial charge in [0, 0.05) is 22.2 Å². The van der Waals surface area contributed by atoms with Crippen LogP contribution in [0.5, 0.6) is 0 Å². The number of aromatic nitrogens is 1. The van der Waals surface area contributed by atoms with Gasteiger partial charge >= 0.3 is 0 Å². The molecule has 0 bridgehead atoms. The Hall–Kier alpha value is -5.93. The van der Waals surface area contributed by atoms with Crippen LogP contribution in [0.2, 0.25) is 0 Å². The Balaban J connectivity index is 1.22. The molecule has 3 nitrogen and oxygen atoms in total. The Kier molecular flexibility index (Phi) is 5.88. The average Bonchev–Trinajstić information content (AvgIpc) is 3.48. The summed E-state index contributed by atoms with van der Waals surface area (Å²) >= 11 is 0. The van der Waals surface area contributed by atoms with Crippen molar-refractivity contribution < 1.29 is 0 Å². The Bertz CT molecular complexity index is 2340. The van der Waals surface area contributed by atoms with E-state index in [4.69, 9.17) is 4.99 Å². The lowest BCUT2D eigenvalue weighted by molar-refractivity contribution is 0.664. The van der Waals surface area contributed by atoms with Crippen LogP contribution in [0.15, 0.2) is 169 Å². The summed E-state index contributed by atoms with van der Waals surface area (Å²) in [4.78, 5) is 5.18. The first-order valence-corrected chi connectivity index (χ1v) is 15.4. The normalized spacial score (nSPS) is 14.9. The third-order valence-corrected chi connectivity index (χ3v) is 9.01. The Labute approximate surface area is 261 Å². The zero-order chi connectivity index (χ0) is 29.7. The van der Waals surface area contributed by atoms with Gasteiger partial charge in [0.05, 0.1) is 16.7 Å². The molecule has 1 aromatic heterocycles. The molecule has 0 radical (unpaired) electrons. The SMILES string of the molecule is C1=C(c2ccccc2)NC(c2ccccc2)N=C1c1ccc(-n2c3ccc4ccccc4c3c3c4ccccc4ccc32)cc1. The van der Waals surface area contributed by atoms with Crippen molar-refractivity contribution in [3.8, 4) is 5.69 Å². The minimum Gasteiger partial charge on any atom is -0.360 e. The van der Waals surface area contributed by atoms with Crippen molar-refractivity contribution >= 4 is 54.8 Å². The van der Waals surface area contributed by atoms with Crippen LogP contribution in [-0.2, 0) is 0 Å². The summed E-state index contributed by atoms with van der Waals surface area (Å²) in [5.41, 5.74) is 8.96. The molecule has 0 spiro atoms. The first kappa shape index (κ1) is 25.6. The Morgan fingerprint density at radius 2 is 1.04 bits per heavy atom. The highest BCUT2D eigenvalue weighted by Gasteiger charge is 2.20. The minimum absolute atomic E-state index is 0.167. The molecule has 1 atom stereocenters. The summed E-state index contributed by atoms with van der Waals surface area (Å²) in [7, 11) is 0. The van der Waals surface area contributed by atoms with Crippen molar-refractivity contribution in [3.63, 3.8) is 0 Å². The highest BCUT2D eigenvalue weighted by Crippen LogP contribution is 2.40.